The zero-order valence-electron chi connectivity index (χ0n) is 5.51. The summed E-state index contributed by atoms with van der Waals surface area (Å²) >= 11 is 5.49. The summed E-state index contributed by atoms with van der Waals surface area (Å²) in [7, 11) is 0. The second-order valence-electron chi connectivity index (χ2n) is 2.09. The molecule has 0 amide bonds. The molecule has 0 aliphatic heterocycles. The van der Waals surface area contributed by atoms with Crippen LogP contribution in [0.1, 0.15) is 5.56 Å². The minimum absolute atomic E-state index is 0.0580. The van der Waals surface area contributed by atoms with Gasteiger partial charge in [-0.25, -0.2) is 0 Å². The summed E-state index contributed by atoms with van der Waals surface area (Å²) in [5, 5.41) is 10.7. The first-order chi connectivity index (χ1) is 4.83. The molecule has 0 spiro atoms. The highest BCUT2D eigenvalue weighted by Gasteiger charge is 1.93. The summed E-state index contributed by atoms with van der Waals surface area (Å²) < 4.78 is 0. The van der Waals surface area contributed by atoms with Gasteiger partial charge < -0.3 is 0 Å². The van der Waals surface area contributed by atoms with Crippen LogP contribution < -0.4 is 0 Å². The molecule has 1 radical (unpaired) electrons. The van der Waals surface area contributed by atoms with Crippen LogP contribution >= 0.6 is 11.6 Å². The van der Waals surface area contributed by atoms with Gasteiger partial charge in [-0.15, -0.1) is 11.6 Å². The number of hydrogen-bond donors (Lipinski definition) is 0. The van der Waals surface area contributed by atoms with Crippen LogP contribution in [0.5, 0.6) is 5.75 Å². The van der Waals surface area contributed by atoms with Gasteiger partial charge >= 0.3 is 0 Å². The standard InChI is InChI=1S/C8H8ClO/c9-5-4-7-2-1-3-8(10)6-7/h1-3,6H,4-5H2. The van der Waals surface area contributed by atoms with Gasteiger partial charge in [-0.05, 0) is 24.1 Å². The van der Waals surface area contributed by atoms with Crippen LogP contribution in [0.15, 0.2) is 24.3 Å². The van der Waals surface area contributed by atoms with Gasteiger partial charge in [-0.3, -0.25) is 5.11 Å². The van der Waals surface area contributed by atoms with E-state index in [-0.39, 0.29) is 5.75 Å². The van der Waals surface area contributed by atoms with Crippen molar-refractivity contribution in [2.24, 2.45) is 0 Å². The highest BCUT2D eigenvalue weighted by atomic mass is 35.5. The predicted molar refractivity (Wildman–Crippen MR) is 41.0 cm³/mol. The second-order valence-corrected chi connectivity index (χ2v) is 2.46. The lowest BCUT2D eigenvalue weighted by Gasteiger charge is -1.94. The minimum atomic E-state index is 0.0580. The molecule has 0 bridgehead atoms. The fraction of sp³-hybridized carbons (Fsp3) is 0.250. The fourth-order valence-electron chi connectivity index (χ4n) is 0.810. The van der Waals surface area contributed by atoms with Gasteiger partial charge in [0.1, 0.15) is 0 Å². The molecule has 0 saturated carbocycles. The first-order valence-electron chi connectivity index (χ1n) is 3.15. The maximum absolute atomic E-state index is 10.7. The van der Waals surface area contributed by atoms with E-state index in [2.05, 4.69) is 0 Å². The number of aryl methyl sites for hydroxylation is 1. The Balaban J connectivity index is 2.75. The number of alkyl halides is 1. The Morgan fingerprint density at radius 1 is 1.40 bits per heavy atom. The molecule has 0 atom stereocenters. The monoisotopic (exact) mass is 155 g/mol. The molecule has 0 N–H and O–H groups in total. The van der Waals surface area contributed by atoms with Crippen LogP contribution in [0.3, 0.4) is 0 Å². The lowest BCUT2D eigenvalue weighted by atomic mass is 10.2. The number of halogens is 1. The molecule has 0 fully saturated rings. The Labute approximate surface area is 65.3 Å². The molecule has 0 unspecified atom stereocenters. The summed E-state index contributed by atoms with van der Waals surface area (Å²) in [6, 6.07) is 6.81. The van der Waals surface area contributed by atoms with Crippen molar-refractivity contribution in [3.8, 4) is 5.75 Å². The zero-order chi connectivity index (χ0) is 7.40. The molecule has 1 aromatic rings. The molecule has 1 nitrogen and oxygen atoms in total. The Morgan fingerprint density at radius 3 is 2.80 bits per heavy atom. The molecule has 1 aromatic carbocycles. The molecule has 53 valence electrons. The normalized spacial score (nSPS) is 9.70. The van der Waals surface area contributed by atoms with Gasteiger partial charge in [-0.1, -0.05) is 12.1 Å². The van der Waals surface area contributed by atoms with Crippen molar-refractivity contribution in [1.82, 2.24) is 0 Å². The van der Waals surface area contributed by atoms with Crippen LogP contribution in [0.4, 0.5) is 0 Å². The number of benzene rings is 1. The van der Waals surface area contributed by atoms with Crippen LogP contribution in [-0.4, -0.2) is 5.88 Å². The summed E-state index contributed by atoms with van der Waals surface area (Å²) in [5.41, 5.74) is 1.02. The van der Waals surface area contributed by atoms with E-state index in [1.807, 2.05) is 6.07 Å². The Kier molecular flexibility index (Phi) is 2.57. The van der Waals surface area contributed by atoms with Crippen LogP contribution in [-0.2, 0) is 11.5 Å². The van der Waals surface area contributed by atoms with E-state index < -0.39 is 0 Å². The third kappa shape index (κ3) is 1.92. The summed E-state index contributed by atoms with van der Waals surface area (Å²) in [5.74, 6) is 0.631. The molecular weight excluding hydrogens is 148 g/mol. The minimum Gasteiger partial charge on any atom is -0.290 e. The molecule has 0 aliphatic carbocycles. The topological polar surface area (TPSA) is 19.9 Å². The molecule has 2 heteroatoms. The zero-order valence-corrected chi connectivity index (χ0v) is 6.27. The van der Waals surface area contributed by atoms with E-state index in [1.165, 1.54) is 6.07 Å². The lowest BCUT2D eigenvalue weighted by molar-refractivity contribution is 0.354. The first kappa shape index (κ1) is 7.42. The van der Waals surface area contributed by atoms with Crippen molar-refractivity contribution in [2.45, 2.75) is 6.42 Å². The summed E-state index contributed by atoms with van der Waals surface area (Å²) in [6.07, 6.45) is 0.775. The summed E-state index contributed by atoms with van der Waals surface area (Å²) in [4.78, 5) is 0. The van der Waals surface area contributed by atoms with Gasteiger partial charge in [0.2, 0.25) is 0 Å². The predicted octanol–water partition coefficient (Wildman–Crippen LogP) is 2.61. The third-order valence-electron chi connectivity index (χ3n) is 1.28. The average Bonchev–Trinajstić information content (AvgIpc) is 1.88. The molecular formula is C8H8ClO. The van der Waals surface area contributed by atoms with Gasteiger partial charge in [0.15, 0.2) is 5.75 Å². The highest BCUT2D eigenvalue weighted by Crippen LogP contribution is 2.12. The van der Waals surface area contributed by atoms with Gasteiger partial charge in [0, 0.05) is 5.88 Å². The van der Waals surface area contributed by atoms with Crippen molar-refractivity contribution >= 4 is 11.6 Å². The van der Waals surface area contributed by atoms with Crippen LogP contribution in [0.2, 0.25) is 0 Å². The molecule has 1 rings (SSSR count). The van der Waals surface area contributed by atoms with Crippen molar-refractivity contribution in [2.75, 3.05) is 5.88 Å². The second kappa shape index (κ2) is 3.47. The van der Waals surface area contributed by atoms with E-state index in [1.54, 1.807) is 12.1 Å². The fourth-order valence-corrected chi connectivity index (χ4v) is 1.03. The number of hydrogen-bond acceptors (Lipinski definition) is 0. The largest absolute Gasteiger partial charge is 0.290 e. The maximum atomic E-state index is 10.7. The van der Waals surface area contributed by atoms with Crippen molar-refractivity contribution in [1.29, 1.82) is 0 Å². The molecule has 0 aromatic heterocycles. The van der Waals surface area contributed by atoms with E-state index in [0.717, 1.165) is 12.0 Å². The van der Waals surface area contributed by atoms with Gasteiger partial charge in [0.05, 0.1) is 0 Å². The van der Waals surface area contributed by atoms with E-state index in [9.17, 15) is 5.11 Å². The number of rotatable bonds is 2. The quantitative estimate of drug-likeness (QED) is 0.586. The van der Waals surface area contributed by atoms with E-state index >= 15 is 0 Å². The van der Waals surface area contributed by atoms with Gasteiger partial charge in [0.25, 0.3) is 0 Å². The average molecular weight is 156 g/mol. The molecule has 0 heterocycles. The van der Waals surface area contributed by atoms with Crippen molar-refractivity contribution in [3.05, 3.63) is 29.8 Å². The molecule has 10 heavy (non-hydrogen) atoms. The van der Waals surface area contributed by atoms with Crippen LogP contribution in [0, 0.1) is 0 Å². The Morgan fingerprint density at radius 2 is 2.20 bits per heavy atom. The highest BCUT2D eigenvalue weighted by molar-refractivity contribution is 6.17. The van der Waals surface area contributed by atoms with E-state index in [0.29, 0.717) is 5.88 Å². The first-order valence-corrected chi connectivity index (χ1v) is 3.68. The Bertz CT molecular complexity index is 210. The lowest BCUT2D eigenvalue weighted by Crippen LogP contribution is -1.83. The van der Waals surface area contributed by atoms with Gasteiger partial charge in [-0.2, -0.15) is 0 Å². The molecule has 0 saturated heterocycles. The SMILES string of the molecule is [O]c1cccc(CCCl)c1. The third-order valence-corrected chi connectivity index (χ3v) is 1.47. The van der Waals surface area contributed by atoms with Crippen LogP contribution in [0.25, 0.3) is 0 Å². The maximum Gasteiger partial charge on any atom is 0.178 e. The van der Waals surface area contributed by atoms with E-state index in [4.69, 9.17) is 11.6 Å². The summed E-state index contributed by atoms with van der Waals surface area (Å²) in [6.45, 7) is 0. The molecule has 0 aliphatic rings. The van der Waals surface area contributed by atoms with Crippen molar-refractivity contribution < 1.29 is 5.11 Å². The smallest absolute Gasteiger partial charge is 0.178 e. The van der Waals surface area contributed by atoms with Crippen molar-refractivity contribution in [3.63, 3.8) is 0 Å². The Hall–Kier alpha value is -0.690.